The smallest absolute Gasteiger partial charge is 0.396 e. The van der Waals surface area contributed by atoms with Gasteiger partial charge in [-0.25, -0.2) is 50.2 Å². The molecule has 0 fully saturated rings. The van der Waals surface area contributed by atoms with E-state index < -0.39 is 236 Å². The number of aliphatic hydroxyl groups excluding tert-OH is 1. The number of phosphoric ester groups is 11. The highest BCUT2D eigenvalue weighted by Gasteiger charge is 2.32. The van der Waals surface area contributed by atoms with Crippen LogP contribution in [0.5, 0.6) is 0 Å². The molecule has 0 aromatic carbocycles. The minimum Gasteiger partial charge on any atom is -0.396 e. The van der Waals surface area contributed by atoms with Crippen molar-refractivity contribution >= 4 is 86.0 Å². The molecule has 0 spiro atoms. The second kappa shape index (κ2) is 43.4. The number of hydrogen-bond acceptors (Lipinski definition) is 33. The SMILES string of the molecule is CCC(CO)COP(=O)(O)OCCOP(=O)(O)OCCOP(=O)(O)OCCOP(=O)(O)OCCOP(=O)(O)OCC(CC)COP(=O)(O)OCCOP(=O)(O)OCCOP(=O)(O)OCCOP(=O)(O)OCCOP(=O)(O)OCC(CC)COP(=O)(O)O. The van der Waals surface area contributed by atoms with Gasteiger partial charge in [-0.3, -0.25) is 95.0 Å². The summed E-state index contributed by atoms with van der Waals surface area (Å²) >= 11 is 0. The first-order chi connectivity index (χ1) is 39.9. The van der Waals surface area contributed by atoms with Gasteiger partial charge in [0.15, 0.2) is 0 Å². The lowest BCUT2D eigenvalue weighted by Gasteiger charge is -2.20. The Hall–Kier alpha value is 1.17. The molecule has 524 valence electrons. The summed E-state index contributed by atoms with van der Waals surface area (Å²) < 4.78 is 227. The third-order valence-corrected chi connectivity index (χ3v) is 19.6. The molecule has 13 N–H and O–H groups in total. The molecule has 0 heterocycles. The summed E-state index contributed by atoms with van der Waals surface area (Å²) in [5.41, 5.74) is 0. The van der Waals surface area contributed by atoms with Crippen LogP contribution in [-0.2, 0) is 145 Å². The Morgan fingerprint density at radius 1 is 0.218 bits per heavy atom. The molecule has 13 atom stereocenters. The van der Waals surface area contributed by atoms with Crippen molar-refractivity contribution < 1.29 is 209 Å². The van der Waals surface area contributed by atoms with E-state index in [-0.39, 0.29) is 26.1 Å². The van der Waals surface area contributed by atoms with Crippen LogP contribution >= 0.6 is 86.0 Å². The highest BCUT2D eigenvalue weighted by atomic mass is 31.2. The summed E-state index contributed by atoms with van der Waals surface area (Å²) in [7, 11) is -53.6. The minimum atomic E-state index is -4.97. The lowest BCUT2D eigenvalue weighted by molar-refractivity contribution is 0.0675. The Bertz CT molecular complexity index is 2480. The van der Waals surface area contributed by atoms with Crippen LogP contribution in [0.25, 0.3) is 0 Å². The van der Waals surface area contributed by atoms with Gasteiger partial charge in [0.2, 0.25) is 0 Å². The van der Waals surface area contributed by atoms with Crippen molar-refractivity contribution in [1.82, 2.24) is 0 Å². The van der Waals surface area contributed by atoms with Gasteiger partial charge in [0, 0.05) is 24.4 Å². The maximum Gasteiger partial charge on any atom is 0.472 e. The van der Waals surface area contributed by atoms with E-state index in [9.17, 15) is 99.1 Å². The molecule has 0 rings (SSSR count). The van der Waals surface area contributed by atoms with Crippen LogP contribution in [0.1, 0.15) is 40.0 Å². The first-order valence-corrected chi connectivity index (χ1v) is 40.9. The van der Waals surface area contributed by atoms with Crippen molar-refractivity contribution in [1.29, 1.82) is 0 Å². The van der Waals surface area contributed by atoms with E-state index in [1.807, 2.05) is 0 Å². The molecular formula is C31H75O45P11. The summed E-state index contributed by atoms with van der Waals surface area (Å²) in [6.45, 7) is -11.8. The van der Waals surface area contributed by atoms with Crippen molar-refractivity contribution in [2.24, 2.45) is 17.8 Å². The van der Waals surface area contributed by atoms with Gasteiger partial charge in [-0.05, 0) is 19.3 Å². The second-order valence-electron chi connectivity index (χ2n) is 16.0. The molecule has 0 amide bonds. The number of aliphatic hydroxyl groups is 1. The molecule has 56 heteroatoms. The van der Waals surface area contributed by atoms with Crippen LogP contribution in [0.4, 0.5) is 0 Å². The van der Waals surface area contributed by atoms with Gasteiger partial charge in [-0.2, -0.15) is 0 Å². The fourth-order valence-corrected chi connectivity index (χ4v) is 12.3. The Kier molecular flexibility index (Phi) is 43.9. The van der Waals surface area contributed by atoms with Crippen molar-refractivity contribution in [3.05, 3.63) is 0 Å². The monoisotopic (exact) mass is 1510 g/mol. The third kappa shape index (κ3) is 51.2. The Morgan fingerprint density at radius 3 is 0.471 bits per heavy atom. The average molecular weight is 1510 g/mol. The maximum atomic E-state index is 12.3. The first-order valence-electron chi connectivity index (χ1n) is 24.4. The zero-order valence-electron chi connectivity index (χ0n) is 46.2. The highest BCUT2D eigenvalue weighted by Crippen LogP contribution is 2.52. The van der Waals surface area contributed by atoms with E-state index in [1.165, 1.54) is 6.92 Å². The summed E-state index contributed by atoms with van der Waals surface area (Å²) in [4.78, 5) is 115. The van der Waals surface area contributed by atoms with Crippen LogP contribution in [-0.4, -0.2) is 209 Å². The zero-order chi connectivity index (χ0) is 66.8. The first kappa shape index (κ1) is 88.2. The fraction of sp³-hybridized carbons (Fsp3) is 1.00. The topological polar surface area (TPSA) is 645 Å². The Labute approximate surface area is 496 Å². The molecule has 0 saturated carbocycles. The van der Waals surface area contributed by atoms with E-state index in [1.54, 1.807) is 13.8 Å². The number of hydrogen-bond donors (Lipinski definition) is 13. The van der Waals surface area contributed by atoms with Crippen molar-refractivity contribution in [2.75, 3.05) is 145 Å². The molecule has 0 saturated heterocycles. The molecule has 13 unspecified atom stereocenters. The van der Waals surface area contributed by atoms with E-state index in [4.69, 9.17) is 23.9 Å². The van der Waals surface area contributed by atoms with Gasteiger partial charge in [0.1, 0.15) is 0 Å². The van der Waals surface area contributed by atoms with E-state index in [0.717, 1.165) is 0 Å². The quantitative estimate of drug-likeness (QED) is 0.0306. The highest BCUT2D eigenvalue weighted by molar-refractivity contribution is 7.50. The zero-order valence-corrected chi connectivity index (χ0v) is 56.0. The lowest BCUT2D eigenvalue weighted by atomic mass is 10.1. The fourth-order valence-electron chi connectivity index (χ4n) is 4.68. The van der Waals surface area contributed by atoms with Crippen molar-refractivity contribution in [3.63, 3.8) is 0 Å². The van der Waals surface area contributed by atoms with Crippen LogP contribution in [0.3, 0.4) is 0 Å². The molecule has 0 aliphatic heterocycles. The minimum absolute atomic E-state index is 0.0901. The predicted octanol–water partition coefficient (Wildman–Crippen LogP) is 3.50. The maximum absolute atomic E-state index is 12.3. The molecule has 0 radical (unpaired) electrons. The van der Waals surface area contributed by atoms with E-state index in [0.29, 0.717) is 6.42 Å². The van der Waals surface area contributed by atoms with Crippen molar-refractivity contribution in [3.8, 4) is 0 Å². The summed E-state index contributed by atoms with van der Waals surface area (Å²) in [5.74, 6) is -2.05. The standard InChI is InChI=1S/C31H75O45P11/c1-4-29(23-32)24-73-84(48,49)68-19-15-64-80(40,41)60-11-7-56-78(36,37)58-9-13-62-82(44,45)66-17-21-70-86(52,53)75-27-31(6-3)28-76-87(54,55)71-22-18-67-83(46,47)63-14-10-59-79(38,39)57-8-12-61-81(42,43)65-16-20-69-85(50,51)74-26-30(5-2)25-72-77(33,34)35/h29-32H,4-28H2,1-3H3,(H,36,37)(H,38,39)(H,40,41)(H,42,43)(H,44,45)(H,46,47)(H,48,49)(H,50,51)(H,52,53)(H,54,55)(H2,33,34,35). The van der Waals surface area contributed by atoms with Crippen molar-refractivity contribution in [2.45, 2.75) is 40.0 Å². The lowest BCUT2D eigenvalue weighted by Crippen LogP contribution is -2.16. The van der Waals surface area contributed by atoms with E-state index >= 15 is 0 Å². The molecule has 0 bridgehead atoms. The number of phosphoric acid groups is 11. The van der Waals surface area contributed by atoms with Gasteiger partial charge >= 0.3 is 86.0 Å². The van der Waals surface area contributed by atoms with Gasteiger partial charge < -0.3 is 63.8 Å². The van der Waals surface area contributed by atoms with Gasteiger partial charge in [0.05, 0.1) is 139 Å². The molecule has 87 heavy (non-hydrogen) atoms. The molecule has 45 nitrogen and oxygen atoms in total. The third-order valence-electron chi connectivity index (χ3n) is 9.10. The van der Waals surface area contributed by atoms with Gasteiger partial charge in [-0.15, -0.1) is 0 Å². The summed E-state index contributed by atoms with van der Waals surface area (Å²) in [5, 5.41) is 9.09. The average Bonchev–Trinajstić information content (AvgIpc) is 3.57. The summed E-state index contributed by atoms with van der Waals surface area (Å²) in [6.07, 6.45) is 0.746. The Balaban J connectivity index is 4.39. The van der Waals surface area contributed by atoms with Crippen LogP contribution < -0.4 is 0 Å². The van der Waals surface area contributed by atoms with E-state index in [2.05, 4.69) is 86.0 Å². The molecular weight excluding hydrogens is 1430 g/mol. The van der Waals surface area contributed by atoms with Gasteiger partial charge in [-0.1, -0.05) is 20.8 Å². The molecule has 0 aliphatic rings. The van der Waals surface area contributed by atoms with Crippen LogP contribution in [0.15, 0.2) is 0 Å². The molecule has 0 aromatic rings. The molecule has 0 aromatic heterocycles. The molecule has 0 aliphatic carbocycles. The van der Waals surface area contributed by atoms with Crippen LogP contribution in [0.2, 0.25) is 0 Å². The largest absolute Gasteiger partial charge is 0.472 e. The van der Waals surface area contributed by atoms with Gasteiger partial charge in [0.25, 0.3) is 0 Å². The van der Waals surface area contributed by atoms with Crippen LogP contribution in [0, 0.1) is 17.8 Å². The second-order valence-corrected chi connectivity index (χ2v) is 31.8. The predicted molar refractivity (Wildman–Crippen MR) is 284 cm³/mol. The summed E-state index contributed by atoms with van der Waals surface area (Å²) in [6, 6.07) is 0. The number of rotatable bonds is 59. The normalized spacial score (nSPS) is 20.6. The Morgan fingerprint density at radius 2 is 0.345 bits per heavy atom.